The highest BCUT2D eigenvalue weighted by atomic mass is 32.1. The molecule has 0 bridgehead atoms. The summed E-state index contributed by atoms with van der Waals surface area (Å²) in [6, 6.07) is 5.89. The van der Waals surface area contributed by atoms with E-state index in [1.165, 1.54) is 6.42 Å². The van der Waals surface area contributed by atoms with Gasteiger partial charge in [-0.15, -0.1) is 6.58 Å². The first-order valence-corrected chi connectivity index (χ1v) is 9.93. The Morgan fingerprint density at radius 1 is 1.27 bits per heavy atom. The maximum Gasteiger partial charge on any atom is 0.254 e. The number of rotatable bonds is 6. The standard InChI is InChI=1S/C16H23N3OS.C5H10/c1-12-4-3-5-15(13(12)2)16(20)19-8-6-18(7-9-19)10-14(17)11-21;1-3-5-4-2/h3-5,17,21H,6-11H2,1-2H3;3H,1,4-5H2,2H3. The first-order valence-electron chi connectivity index (χ1n) is 9.30. The van der Waals surface area contributed by atoms with Crippen molar-refractivity contribution in [1.29, 1.82) is 5.41 Å². The Morgan fingerprint density at radius 3 is 2.42 bits per heavy atom. The maximum absolute atomic E-state index is 12.6. The zero-order valence-electron chi connectivity index (χ0n) is 16.4. The number of thiol groups is 1. The van der Waals surface area contributed by atoms with Crippen LogP contribution in [0.3, 0.4) is 0 Å². The number of carbonyl (C=O) groups is 1. The molecule has 26 heavy (non-hydrogen) atoms. The number of nitrogens with zero attached hydrogens (tertiary/aromatic N) is 2. The number of amides is 1. The predicted molar refractivity (Wildman–Crippen MR) is 115 cm³/mol. The van der Waals surface area contributed by atoms with Gasteiger partial charge < -0.3 is 10.3 Å². The van der Waals surface area contributed by atoms with Crippen molar-refractivity contribution in [3.05, 3.63) is 47.5 Å². The third-order valence-corrected chi connectivity index (χ3v) is 4.97. The quantitative estimate of drug-likeness (QED) is 0.449. The summed E-state index contributed by atoms with van der Waals surface area (Å²) in [6.07, 6.45) is 4.31. The lowest BCUT2D eigenvalue weighted by Crippen LogP contribution is -2.50. The van der Waals surface area contributed by atoms with Crippen molar-refractivity contribution in [2.24, 2.45) is 0 Å². The lowest BCUT2D eigenvalue weighted by atomic mass is 10.0. The smallest absolute Gasteiger partial charge is 0.254 e. The maximum atomic E-state index is 12.6. The Kier molecular flexibility index (Phi) is 10.3. The molecular weight excluding hydrogens is 342 g/mol. The summed E-state index contributed by atoms with van der Waals surface area (Å²) < 4.78 is 0. The van der Waals surface area contributed by atoms with Crippen LogP contribution in [0.1, 0.15) is 41.3 Å². The minimum absolute atomic E-state index is 0.125. The van der Waals surface area contributed by atoms with Gasteiger partial charge in [-0.05, 0) is 37.5 Å². The molecule has 1 amide bonds. The average Bonchev–Trinajstić information content (AvgIpc) is 2.65. The Bertz CT molecular complexity index is 607. The van der Waals surface area contributed by atoms with Crippen LogP contribution in [-0.4, -0.2) is 59.9 Å². The highest BCUT2D eigenvalue weighted by Gasteiger charge is 2.23. The highest BCUT2D eigenvalue weighted by molar-refractivity contribution is 7.81. The number of hydrogen-bond donors (Lipinski definition) is 2. The van der Waals surface area contributed by atoms with Crippen molar-refractivity contribution in [2.75, 3.05) is 38.5 Å². The fourth-order valence-corrected chi connectivity index (χ4v) is 2.89. The van der Waals surface area contributed by atoms with Gasteiger partial charge in [0.15, 0.2) is 0 Å². The summed E-state index contributed by atoms with van der Waals surface area (Å²) >= 11 is 4.12. The van der Waals surface area contributed by atoms with Crippen LogP contribution in [0.5, 0.6) is 0 Å². The lowest BCUT2D eigenvalue weighted by Gasteiger charge is -2.35. The molecule has 5 heteroatoms. The second-order valence-corrected chi connectivity index (χ2v) is 6.97. The van der Waals surface area contributed by atoms with Crippen LogP contribution in [0, 0.1) is 19.3 Å². The van der Waals surface area contributed by atoms with Crippen LogP contribution >= 0.6 is 12.6 Å². The number of piperazine rings is 1. The van der Waals surface area contributed by atoms with Gasteiger partial charge in [0.1, 0.15) is 0 Å². The van der Waals surface area contributed by atoms with E-state index in [0.717, 1.165) is 49.3 Å². The second kappa shape index (κ2) is 11.9. The molecule has 0 saturated carbocycles. The van der Waals surface area contributed by atoms with Crippen LogP contribution in [0.2, 0.25) is 0 Å². The number of carbonyl (C=O) groups excluding carboxylic acids is 1. The summed E-state index contributed by atoms with van der Waals surface area (Å²) in [6.45, 7) is 13.5. The molecule has 0 aromatic heterocycles. The van der Waals surface area contributed by atoms with Crippen LogP contribution in [0.25, 0.3) is 0 Å². The molecule has 0 radical (unpaired) electrons. The van der Waals surface area contributed by atoms with Crippen molar-refractivity contribution in [3.63, 3.8) is 0 Å². The number of aryl methyl sites for hydroxylation is 1. The molecule has 1 N–H and O–H groups in total. The van der Waals surface area contributed by atoms with Gasteiger partial charge in [0.25, 0.3) is 5.91 Å². The van der Waals surface area contributed by atoms with Gasteiger partial charge in [-0.1, -0.05) is 31.6 Å². The Hall–Kier alpha value is -1.59. The molecule has 2 rings (SSSR count). The van der Waals surface area contributed by atoms with E-state index in [1.54, 1.807) is 0 Å². The number of nitrogens with one attached hydrogen (secondary N) is 1. The monoisotopic (exact) mass is 375 g/mol. The van der Waals surface area contributed by atoms with Crippen LogP contribution < -0.4 is 0 Å². The molecule has 4 nitrogen and oxygen atoms in total. The molecule has 1 heterocycles. The predicted octanol–water partition coefficient (Wildman–Crippen LogP) is 3.98. The number of benzene rings is 1. The van der Waals surface area contributed by atoms with Crippen molar-refractivity contribution >= 4 is 24.2 Å². The zero-order chi connectivity index (χ0) is 19.5. The fraction of sp³-hybridized carbons (Fsp3) is 0.524. The van der Waals surface area contributed by atoms with Gasteiger partial charge in [0, 0.05) is 49.8 Å². The van der Waals surface area contributed by atoms with E-state index < -0.39 is 0 Å². The number of allylic oxidation sites excluding steroid dienone is 1. The molecule has 0 aliphatic carbocycles. The molecular formula is C21H33N3OS. The van der Waals surface area contributed by atoms with Crippen molar-refractivity contribution < 1.29 is 4.79 Å². The highest BCUT2D eigenvalue weighted by Crippen LogP contribution is 2.16. The molecule has 0 unspecified atom stereocenters. The van der Waals surface area contributed by atoms with E-state index in [2.05, 4.69) is 31.0 Å². The number of hydrogen-bond acceptors (Lipinski definition) is 4. The Balaban J connectivity index is 0.000000597. The average molecular weight is 376 g/mol. The summed E-state index contributed by atoms with van der Waals surface area (Å²) in [7, 11) is 0. The van der Waals surface area contributed by atoms with E-state index in [-0.39, 0.29) is 5.91 Å². The first-order chi connectivity index (χ1) is 12.4. The summed E-state index contributed by atoms with van der Waals surface area (Å²) in [5.41, 5.74) is 3.67. The van der Waals surface area contributed by atoms with E-state index in [0.29, 0.717) is 18.0 Å². The van der Waals surface area contributed by atoms with Gasteiger partial charge in [0.2, 0.25) is 0 Å². The zero-order valence-corrected chi connectivity index (χ0v) is 17.3. The minimum atomic E-state index is 0.125. The second-order valence-electron chi connectivity index (χ2n) is 6.65. The largest absolute Gasteiger partial charge is 0.336 e. The van der Waals surface area contributed by atoms with E-state index in [9.17, 15) is 4.79 Å². The molecule has 0 atom stereocenters. The van der Waals surface area contributed by atoms with Crippen LogP contribution in [0.4, 0.5) is 0 Å². The fourth-order valence-electron chi connectivity index (χ4n) is 2.79. The van der Waals surface area contributed by atoms with E-state index >= 15 is 0 Å². The summed E-state index contributed by atoms with van der Waals surface area (Å²) in [4.78, 5) is 16.7. The molecule has 1 aliphatic rings. The summed E-state index contributed by atoms with van der Waals surface area (Å²) in [5.74, 6) is 0.627. The van der Waals surface area contributed by atoms with Crippen LogP contribution in [-0.2, 0) is 0 Å². The Morgan fingerprint density at radius 2 is 1.92 bits per heavy atom. The van der Waals surface area contributed by atoms with Gasteiger partial charge in [0.05, 0.1) is 0 Å². The van der Waals surface area contributed by atoms with Crippen molar-refractivity contribution in [1.82, 2.24) is 9.80 Å². The first kappa shape index (κ1) is 22.5. The molecule has 1 fully saturated rings. The molecule has 0 spiro atoms. The molecule has 1 aromatic rings. The van der Waals surface area contributed by atoms with Gasteiger partial charge in [-0.3, -0.25) is 9.69 Å². The molecule has 1 aliphatic heterocycles. The van der Waals surface area contributed by atoms with Crippen molar-refractivity contribution in [2.45, 2.75) is 33.6 Å². The SMILES string of the molecule is C=CCCC.Cc1cccc(C(=O)N2CCN(CC(=N)CS)CC2)c1C. The minimum Gasteiger partial charge on any atom is -0.336 e. The van der Waals surface area contributed by atoms with Gasteiger partial charge in [-0.2, -0.15) is 12.6 Å². The van der Waals surface area contributed by atoms with Gasteiger partial charge >= 0.3 is 0 Å². The molecule has 1 aromatic carbocycles. The Labute approximate surface area is 164 Å². The normalized spacial score (nSPS) is 14.4. The third-order valence-electron chi connectivity index (χ3n) is 4.59. The topological polar surface area (TPSA) is 47.4 Å². The van der Waals surface area contributed by atoms with Crippen LogP contribution in [0.15, 0.2) is 30.9 Å². The van der Waals surface area contributed by atoms with Gasteiger partial charge in [-0.25, -0.2) is 0 Å². The number of unbranched alkanes of at least 4 members (excludes halogenated alkanes) is 1. The molecule has 1 saturated heterocycles. The van der Waals surface area contributed by atoms with E-state index in [1.807, 2.05) is 43.0 Å². The van der Waals surface area contributed by atoms with E-state index in [4.69, 9.17) is 5.41 Å². The van der Waals surface area contributed by atoms with Crippen molar-refractivity contribution in [3.8, 4) is 0 Å². The summed E-state index contributed by atoms with van der Waals surface area (Å²) in [5, 5.41) is 7.70. The molecule has 144 valence electrons. The lowest BCUT2D eigenvalue weighted by molar-refractivity contribution is 0.0653. The third kappa shape index (κ3) is 6.96.